The molecule has 0 spiro atoms. The van der Waals surface area contributed by atoms with Crippen LogP contribution < -0.4 is 0 Å². The molecule has 1 heterocycles. The maximum Gasteiger partial charge on any atom is 0.220 e. The van der Waals surface area contributed by atoms with Crippen LogP contribution in [0.1, 0.15) is 61.8 Å². The third-order valence-electron chi connectivity index (χ3n) is 4.84. The number of amides is 1. The molecule has 0 aromatic heterocycles. The van der Waals surface area contributed by atoms with Gasteiger partial charge in [0.25, 0.3) is 0 Å². The average Bonchev–Trinajstić information content (AvgIpc) is 2.90. The van der Waals surface area contributed by atoms with Crippen LogP contribution in [0.5, 0.6) is 0 Å². The van der Waals surface area contributed by atoms with E-state index in [1.807, 2.05) is 11.0 Å². The zero-order valence-corrected chi connectivity index (χ0v) is 12.1. The molecule has 1 unspecified atom stereocenters. The second kappa shape index (κ2) is 5.57. The Balaban J connectivity index is 1.76. The van der Waals surface area contributed by atoms with Gasteiger partial charge in [0.2, 0.25) is 5.91 Å². The van der Waals surface area contributed by atoms with Crippen molar-refractivity contribution in [3.05, 3.63) is 34.9 Å². The lowest BCUT2D eigenvalue weighted by atomic mass is 9.82. The fourth-order valence-electron chi connectivity index (χ4n) is 3.54. The minimum Gasteiger partial charge on any atom is -0.388 e. The first kappa shape index (κ1) is 13.6. The predicted octanol–water partition coefficient (Wildman–Crippen LogP) is 3.16. The monoisotopic (exact) mass is 273 g/mol. The maximum atomic E-state index is 11.5. The van der Waals surface area contributed by atoms with E-state index in [0.717, 1.165) is 18.4 Å². The Morgan fingerprint density at radius 3 is 2.60 bits per heavy atom. The molecule has 1 amide bonds. The molecule has 3 heteroatoms. The summed E-state index contributed by atoms with van der Waals surface area (Å²) in [5.41, 5.74) is 3.45. The molecular weight excluding hydrogens is 250 g/mol. The predicted molar refractivity (Wildman–Crippen MR) is 77.9 cm³/mol. The van der Waals surface area contributed by atoms with Gasteiger partial charge in [0.1, 0.15) is 0 Å². The molecule has 0 saturated heterocycles. The summed E-state index contributed by atoms with van der Waals surface area (Å²) < 4.78 is 0. The summed E-state index contributed by atoms with van der Waals surface area (Å²) in [5.74, 6) is 0.530. The Morgan fingerprint density at radius 1 is 1.20 bits per heavy atom. The Morgan fingerprint density at radius 2 is 1.90 bits per heavy atom. The van der Waals surface area contributed by atoms with E-state index in [2.05, 4.69) is 12.1 Å². The molecule has 108 valence electrons. The standard InChI is InChI=1S/C17H23NO2/c1-12(19)18-10-15-8-7-14(9-16(15)11-18)17(20)13-5-3-2-4-6-13/h7-9,13,17,20H,2-6,10-11H2,1H3. The molecule has 1 saturated carbocycles. The Bertz CT molecular complexity index is 506. The zero-order chi connectivity index (χ0) is 14.1. The van der Waals surface area contributed by atoms with Crippen molar-refractivity contribution in [2.75, 3.05) is 0 Å². The topological polar surface area (TPSA) is 40.5 Å². The number of benzene rings is 1. The van der Waals surface area contributed by atoms with Gasteiger partial charge in [0, 0.05) is 20.0 Å². The van der Waals surface area contributed by atoms with Gasteiger partial charge in [-0.25, -0.2) is 0 Å². The van der Waals surface area contributed by atoms with Crippen LogP contribution in [-0.2, 0) is 17.9 Å². The van der Waals surface area contributed by atoms with Crippen LogP contribution in [0.15, 0.2) is 18.2 Å². The van der Waals surface area contributed by atoms with Crippen LogP contribution in [-0.4, -0.2) is 15.9 Å². The zero-order valence-electron chi connectivity index (χ0n) is 12.1. The van der Waals surface area contributed by atoms with Gasteiger partial charge in [0.15, 0.2) is 0 Å². The summed E-state index contributed by atoms with van der Waals surface area (Å²) in [6.07, 6.45) is 5.72. The van der Waals surface area contributed by atoms with Gasteiger partial charge in [-0.05, 0) is 35.4 Å². The molecule has 1 aromatic rings. The lowest BCUT2D eigenvalue weighted by molar-refractivity contribution is -0.129. The van der Waals surface area contributed by atoms with Crippen LogP contribution in [0, 0.1) is 5.92 Å². The number of aliphatic hydroxyl groups is 1. The molecule has 20 heavy (non-hydrogen) atoms. The Kier molecular flexibility index (Phi) is 3.79. The van der Waals surface area contributed by atoms with Crippen molar-refractivity contribution in [2.45, 2.75) is 58.2 Å². The van der Waals surface area contributed by atoms with E-state index >= 15 is 0 Å². The van der Waals surface area contributed by atoms with Crippen LogP contribution in [0.2, 0.25) is 0 Å². The van der Waals surface area contributed by atoms with Crippen LogP contribution >= 0.6 is 0 Å². The number of hydrogen-bond acceptors (Lipinski definition) is 2. The van der Waals surface area contributed by atoms with E-state index in [-0.39, 0.29) is 12.0 Å². The third kappa shape index (κ3) is 2.59. The molecule has 1 fully saturated rings. The van der Waals surface area contributed by atoms with Gasteiger partial charge in [-0.2, -0.15) is 0 Å². The van der Waals surface area contributed by atoms with Crippen LogP contribution in [0.25, 0.3) is 0 Å². The smallest absolute Gasteiger partial charge is 0.220 e. The number of hydrogen-bond donors (Lipinski definition) is 1. The second-order valence-corrected chi connectivity index (χ2v) is 6.25. The first-order valence-electron chi connectivity index (χ1n) is 7.70. The van der Waals surface area contributed by atoms with Crippen molar-refractivity contribution >= 4 is 5.91 Å². The fraction of sp³-hybridized carbons (Fsp3) is 0.588. The van der Waals surface area contributed by atoms with Gasteiger partial charge in [-0.1, -0.05) is 37.5 Å². The van der Waals surface area contributed by atoms with Crippen molar-refractivity contribution in [1.82, 2.24) is 4.90 Å². The highest BCUT2D eigenvalue weighted by molar-refractivity contribution is 5.74. The number of carbonyl (C=O) groups excluding carboxylic acids is 1. The summed E-state index contributed by atoms with van der Waals surface area (Å²) in [5, 5.41) is 10.6. The summed E-state index contributed by atoms with van der Waals surface area (Å²) in [6, 6.07) is 6.24. The molecule has 3 rings (SSSR count). The third-order valence-corrected chi connectivity index (χ3v) is 4.84. The van der Waals surface area contributed by atoms with Crippen molar-refractivity contribution in [2.24, 2.45) is 5.92 Å². The fourth-order valence-corrected chi connectivity index (χ4v) is 3.54. The normalized spacial score (nSPS) is 20.8. The summed E-state index contributed by atoms with van der Waals surface area (Å²) in [4.78, 5) is 13.3. The number of aliphatic hydroxyl groups excluding tert-OH is 1. The highest BCUT2D eigenvalue weighted by atomic mass is 16.3. The summed E-state index contributed by atoms with van der Waals surface area (Å²) >= 11 is 0. The molecule has 1 aromatic carbocycles. The van der Waals surface area contributed by atoms with Crippen molar-refractivity contribution < 1.29 is 9.90 Å². The molecule has 3 nitrogen and oxygen atoms in total. The highest BCUT2D eigenvalue weighted by Crippen LogP contribution is 2.35. The average molecular weight is 273 g/mol. The lowest BCUT2D eigenvalue weighted by Gasteiger charge is -2.27. The number of fused-ring (bicyclic) bond motifs is 1. The molecule has 1 aliphatic carbocycles. The van der Waals surface area contributed by atoms with Gasteiger partial charge >= 0.3 is 0 Å². The maximum absolute atomic E-state index is 11.5. The SMILES string of the molecule is CC(=O)N1Cc2ccc(C(O)C3CCCCC3)cc2C1. The highest BCUT2D eigenvalue weighted by Gasteiger charge is 2.26. The minimum atomic E-state index is -0.341. The van der Waals surface area contributed by atoms with Crippen molar-refractivity contribution in [3.8, 4) is 0 Å². The van der Waals surface area contributed by atoms with E-state index in [1.54, 1.807) is 6.92 Å². The second-order valence-electron chi connectivity index (χ2n) is 6.25. The Labute approximate surface area is 120 Å². The van der Waals surface area contributed by atoms with Crippen molar-refractivity contribution in [1.29, 1.82) is 0 Å². The Hall–Kier alpha value is -1.35. The van der Waals surface area contributed by atoms with Gasteiger partial charge in [-0.15, -0.1) is 0 Å². The van der Waals surface area contributed by atoms with E-state index in [4.69, 9.17) is 0 Å². The largest absolute Gasteiger partial charge is 0.388 e. The molecule has 0 radical (unpaired) electrons. The first-order chi connectivity index (χ1) is 9.65. The number of nitrogens with zero attached hydrogens (tertiary/aromatic N) is 1. The summed E-state index contributed by atoms with van der Waals surface area (Å²) in [6.45, 7) is 3.02. The quantitative estimate of drug-likeness (QED) is 0.899. The van der Waals surface area contributed by atoms with E-state index in [0.29, 0.717) is 19.0 Å². The van der Waals surface area contributed by atoms with Crippen LogP contribution in [0.3, 0.4) is 0 Å². The molecule has 1 aliphatic heterocycles. The van der Waals surface area contributed by atoms with Crippen LogP contribution in [0.4, 0.5) is 0 Å². The molecule has 2 aliphatic rings. The summed E-state index contributed by atoms with van der Waals surface area (Å²) in [7, 11) is 0. The van der Waals surface area contributed by atoms with E-state index in [1.165, 1.54) is 30.4 Å². The minimum absolute atomic E-state index is 0.121. The van der Waals surface area contributed by atoms with Gasteiger partial charge in [-0.3, -0.25) is 4.79 Å². The lowest BCUT2D eigenvalue weighted by Crippen LogP contribution is -2.21. The molecular formula is C17H23NO2. The van der Waals surface area contributed by atoms with Crippen molar-refractivity contribution in [3.63, 3.8) is 0 Å². The molecule has 0 bridgehead atoms. The van der Waals surface area contributed by atoms with E-state index < -0.39 is 0 Å². The first-order valence-corrected chi connectivity index (χ1v) is 7.70. The van der Waals surface area contributed by atoms with E-state index in [9.17, 15) is 9.90 Å². The number of carbonyl (C=O) groups is 1. The molecule has 1 atom stereocenters. The number of rotatable bonds is 2. The van der Waals surface area contributed by atoms with Gasteiger partial charge < -0.3 is 10.0 Å². The van der Waals surface area contributed by atoms with Gasteiger partial charge in [0.05, 0.1) is 6.10 Å². The molecule has 1 N–H and O–H groups in total.